The fourth-order valence-electron chi connectivity index (χ4n) is 3.83. The summed E-state index contributed by atoms with van der Waals surface area (Å²) < 4.78 is 10.4. The van der Waals surface area contributed by atoms with Crippen molar-refractivity contribution in [2.24, 2.45) is 11.3 Å². The molecule has 0 aromatic heterocycles. The Labute approximate surface area is 183 Å². The fourth-order valence-corrected chi connectivity index (χ4v) is 3.83. The Morgan fingerprint density at radius 1 is 1.00 bits per heavy atom. The van der Waals surface area contributed by atoms with Crippen molar-refractivity contribution in [3.05, 3.63) is 83.1 Å². The lowest BCUT2D eigenvalue weighted by molar-refractivity contribution is -0.0746. The highest BCUT2D eigenvalue weighted by Gasteiger charge is 2.34. The van der Waals surface area contributed by atoms with Crippen molar-refractivity contribution in [2.75, 3.05) is 14.2 Å². The summed E-state index contributed by atoms with van der Waals surface area (Å²) in [4.78, 5) is 0. The molecule has 30 heavy (non-hydrogen) atoms. The number of hydrogen-bond donors (Lipinski definition) is 1. The van der Waals surface area contributed by atoms with Crippen LogP contribution in [0.15, 0.2) is 83.1 Å². The molecule has 0 saturated carbocycles. The standard InChI is InChI=1S/C27H40O3/c1-20(12-9-10-15-22(3)26(29-7)30-8)13-11-14-21(2)16-17-25-23(4)18-24(28)19-27(25,5)6/h9-18,24-26,28H,19H2,1-8H3/b10-9+,13-11+,17-16+,20-12+,21-14+,22-15+. The quantitative estimate of drug-likeness (QED) is 0.268. The molecule has 0 bridgehead atoms. The smallest absolute Gasteiger partial charge is 0.179 e. The summed E-state index contributed by atoms with van der Waals surface area (Å²) in [5.74, 6) is 0.354. The van der Waals surface area contributed by atoms with Gasteiger partial charge in [0.05, 0.1) is 6.10 Å². The van der Waals surface area contributed by atoms with E-state index in [4.69, 9.17) is 9.47 Å². The Bertz CT molecular complexity index is 753. The highest BCUT2D eigenvalue weighted by molar-refractivity contribution is 5.31. The summed E-state index contributed by atoms with van der Waals surface area (Å²) in [6.45, 7) is 12.7. The van der Waals surface area contributed by atoms with Crippen molar-refractivity contribution in [2.45, 2.75) is 60.4 Å². The average molecular weight is 413 g/mol. The number of rotatable bonds is 9. The molecule has 0 heterocycles. The Balaban J connectivity index is 2.69. The van der Waals surface area contributed by atoms with Crippen molar-refractivity contribution in [1.29, 1.82) is 0 Å². The second kappa shape index (κ2) is 12.7. The number of methoxy groups -OCH3 is 2. The van der Waals surface area contributed by atoms with Gasteiger partial charge in [-0.25, -0.2) is 0 Å². The lowest BCUT2D eigenvalue weighted by Crippen LogP contribution is -2.32. The molecule has 3 nitrogen and oxygen atoms in total. The maximum absolute atomic E-state index is 9.98. The predicted octanol–water partition coefficient (Wildman–Crippen LogP) is 6.47. The predicted molar refractivity (Wildman–Crippen MR) is 128 cm³/mol. The molecule has 166 valence electrons. The van der Waals surface area contributed by atoms with Crippen LogP contribution in [0, 0.1) is 11.3 Å². The third-order valence-electron chi connectivity index (χ3n) is 5.42. The van der Waals surface area contributed by atoms with Crippen LogP contribution in [-0.2, 0) is 9.47 Å². The Hall–Kier alpha value is -1.94. The van der Waals surface area contributed by atoms with Crippen LogP contribution in [0.2, 0.25) is 0 Å². The monoisotopic (exact) mass is 412 g/mol. The van der Waals surface area contributed by atoms with Gasteiger partial charge in [0.2, 0.25) is 0 Å². The Kier molecular flexibility index (Phi) is 11.0. The summed E-state index contributed by atoms with van der Waals surface area (Å²) >= 11 is 0. The van der Waals surface area contributed by atoms with Gasteiger partial charge in [-0.3, -0.25) is 0 Å². The molecule has 0 radical (unpaired) electrons. The average Bonchev–Trinajstić information content (AvgIpc) is 2.64. The summed E-state index contributed by atoms with van der Waals surface area (Å²) in [7, 11) is 3.26. The number of aliphatic hydroxyl groups excluding tert-OH is 1. The third kappa shape index (κ3) is 8.83. The van der Waals surface area contributed by atoms with Crippen LogP contribution in [0.1, 0.15) is 48.0 Å². The molecule has 0 aromatic carbocycles. The minimum absolute atomic E-state index is 0.0653. The molecule has 3 heteroatoms. The van der Waals surface area contributed by atoms with Gasteiger partial charge in [-0.05, 0) is 45.1 Å². The topological polar surface area (TPSA) is 38.7 Å². The first kappa shape index (κ1) is 26.1. The number of allylic oxidation sites excluding steroid dienone is 12. The zero-order valence-electron chi connectivity index (χ0n) is 20.0. The van der Waals surface area contributed by atoms with Gasteiger partial charge in [0.15, 0.2) is 6.29 Å². The molecule has 2 unspecified atom stereocenters. The van der Waals surface area contributed by atoms with Crippen molar-refractivity contribution < 1.29 is 14.6 Å². The molecule has 1 N–H and O–H groups in total. The zero-order chi connectivity index (χ0) is 22.7. The van der Waals surface area contributed by atoms with Crippen molar-refractivity contribution in [3.63, 3.8) is 0 Å². The van der Waals surface area contributed by atoms with E-state index in [2.05, 4.69) is 71.1 Å². The molecule has 1 rings (SSSR count). The molecule has 0 fully saturated rings. The maximum Gasteiger partial charge on any atom is 0.179 e. The van der Waals surface area contributed by atoms with Gasteiger partial charge in [-0.2, -0.15) is 0 Å². The molecule has 1 aliphatic rings. The van der Waals surface area contributed by atoms with Gasteiger partial charge >= 0.3 is 0 Å². The molecule has 2 atom stereocenters. The highest BCUT2D eigenvalue weighted by atomic mass is 16.7. The van der Waals surface area contributed by atoms with E-state index < -0.39 is 0 Å². The number of aliphatic hydroxyl groups is 1. The van der Waals surface area contributed by atoms with Gasteiger partial charge in [0.1, 0.15) is 0 Å². The second-order valence-corrected chi connectivity index (χ2v) is 8.79. The normalized spacial score (nSPS) is 23.9. The Morgan fingerprint density at radius 2 is 1.57 bits per heavy atom. The van der Waals surface area contributed by atoms with Crippen LogP contribution < -0.4 is 0 Å². The van der Waals surface area contributed by atoms with Crippen LogP contribution in [0.3, 0.4) is 0 Å². The maximum atomic E-state index is 9.98. The van der Waals surface area contributed by atoms with Crippen molar-refractivity contribution in [1.82, 2.24) is 0 Å². The van der Waals surface area contributed by atoms with E-state index in [1.54, 1.807) is 14.2 Å². The van der Waals surface area contributed by atoms with Crippen molar-refractivity contribution >= 4 is 0 Å². The molecule has 0 saturated heterocycles. The van der Waals surface area contributed by atoms with Crippen LogP contribution in [-0.4, -0.2) is 31.7 Å². The van der Waals surface area contributed by atoms with Gasteiger partial charge < -0.3 is 14.6 Å². The van der Waals surface area contributed by atoms with E-state index >= 15 is 0 Å². The SMILES string of the molecule is COC(OC)/C(C)=C/C=C/C=C(C)/C=C/C=C(C)/C=C/C1C(C)=CC(O)CC1(C)C. The van der Waals surface area contributed by atoms with E-state index in [9.17, 15) is 5.11 Å². The van der Waals surface area contributed by atoms with Crippen molar-refractivity contribution in [3.8, 4) is 0 Å². The van der Waals surface area contributed by atoms with Gasteiger partial charge in [-0.1, -0.05) is 91.3 Å². The molecule has 0 aromatic rings. The lowest BCUT2D eigenvalue weighted by atomic mass is 9.67. The van der Waals surface area contributed by atoms with Gasteiger partial charge in [0, 0.05) is 20.1 Å². The van der Waals surface area contributed by atoms with Crippen LogP contribution >= 0.6 is 0 Å². The van der Waals surface area contributed by atoms with E-state index in [-0.39, 0.29) is 17.8 Å². The van der Waals surface area contributed by atoms with E-state index in [0.29, 0.717) is 5.92 Å². The summed E-state index contributed by atoms with van der Waals surface area (Å²) in [6, 6.07) is 0. The first-order valence-corrected chi connectivity index (χ1v) is 10.6. The van der Waals surface area contributed by atoms with Gasteiger partial charge in [0.25, 0.3) is 0 Å². The zero-order valence-corrected chi connectivity index (χ0v) is 20.0. The number of ether oxygens (including phenoxy) is 2. The lowest BCUT2D eigenvalue weighted by Gasteiger charge is -2.38. The first-order valence-electron chi connectivity index (χ1n) is 10.6. The summed E-state index contributed by atoms with van der Waals surface area (Å²) in [5.41, 5.74) is 4.70. The molecular formula is C27H40O3. The van der Waals surface area contributed by atoms with E-state index in [0.717, 1.165) is 12.0 Å². The van der Waals surface area contributed by atoms with Gasteiger partial charge in [-0.15, -0.1) is 0 Å². The largest absolute Gasteiger partial charge is 0.389 e. The van der Waals surface area contributed by atoms with E-state index in [1.807, 2.05) is 31.2 Å². The van der Waals surface area contributed by atoms with Crippen LogP contribution in [0.5, 0.6) is 0 Å². The summed E-state index contributed by atoms with van der Waals surface area (Å²) in [5, 5.41) is 9.98. The molecule has 0 amide bonds. The number of hydrogen-bond acceptors (Lipinski definition) is 3. The molecule has 1 aliphatic carbocycles. The third-order valence-corrected chi connectivity index (χ3v) is 5.42. The van der Waals surface area contributed by atoms with Crippen LogP contribution in [0.25, 0.3) is 0 Å². The molecular weight excluding hydrogens is 372 g/mol. The fraction of sp³-hybridized carbons (Fsp3) is 0.481. The van der Waals surface area contributed by atoms with E-state index in [1.165, 1.54) is 16.7 Å². The Morgan fingerprint density at radius 3 is 2.17 bits per heavy atom. The molecule has 0 aliphatic heterocycles. The van der Waals surface area contributed by atoms with Crippen LogP contribution in [0.4, 0.5) is 0 Å². The second-order valence-electron chi connectivity index (χ2n) is 8.79. The molecule has 0 spiro atoms. The first-order chi connectivity index (χ1) is 14.1. The summed E-state index contributed by atoms with van der Waals surface area (Å²) in [6.07, 6.45) is 20.9. The highest BCUT2D eigenvalue weighted by Crippen LogP contribution is 2.41. The minimum atomic E-state index is -0.325. The minimum Gasteiger partial charge on any atom is -0.389 e.